The van der Waals surface area contributed by atoms with E-state index >= 15 is 0 Å². The van der Waals surface area contributed by atoms with E-state index in [0.29, 0.717) is 5.54 Å². The van der Waals surface area contributed by atoms with Gasteiger partial charge in [0.05, 0.1) is 5.54 Å². The fraction of sp³-hybridized carbons (Fsp3) is 0.833. The Morgan fingerprint density at radius 2 is 2.31 bits per heavy atom. The van der Waals surface area contributed by atoms with E-state index in [-0.39, 0.29) is 0 Å². The second-order valence-electron chi connectivity index (χ2n) is 4.90. The second-order valence-corrected chi connectivity index (χ2v) is 4.90. The molecule has 2 aliphatic rings. The lowest BCUT2D eigenvalue weighted by Crippen LogP contribution is -2.55. The lowest BCUT2D eigenvalue weighted by atomic mass is 9.78. The Hall–Kier alpha value is -0.460. The Bertz CT molecular complexity index is 242. The zero-order chi connectivity index (χ0) is 9.64. The van der Waals surface area contributed by atoms with Crippen LogP contribution in [0, 0.1) is 5.92 Å². The van der Waals surface area contributed by atoms with Crippen molar-refractivity contribution in [2.75, 3.05) is 0 Å². The van der Waals surface area contributed by atoms with Crippen molar-refractivity contribution in [3.63, 3.8) is 0 Å². The Kier molecular flexibility index (Phi) is 1.94. The van der Waals surface area contributed by atoms with Crippen LogP contribution in [0.2, 0.25) is 0 Å². The molecule has 13 heavy (non-hydrogen) atoms. The Morgan fingerprint density at radius 3 is 2.77 bits per heavy atom. The highest BCUT2D eigenvalue weighted by atomic mass is 15.3. The molecule has 0 amide bonds. The Morgan fingerprint density at radius 1 is 1.62 bits per heavy atom. The van der Waals surface area contributed by atoms with Gasteiger partial charge >= 0.3 is 0 Å². The van der Waals surface area contributed by atoms with Gasteiger partial charge in [-0.05, 0) is 38.2 Å². The average molecular weight is 179 g/mol. The molecular weight excluding hydrogens is 158 g/mol. The predicted octanol–water partition coefficient (Wildman–Crippen LogP) is 3.17. The van der Waals surface area contributed by atoms with Crippen molar-refractivity contribution in [1.82, 2.24) is 4.90 Å². The van der Waals surface area contributed by atoms with E-state index in [1.807, 2.05) is 0 Å². The molecule has 1 fully saturated rings. The van der Waals surface area contributed by atoms with Crippen LogP contribution in [-0.4, -0.2) is 16.5 Å². The van der Waals surface area contributed by atoms with Crippen LogP contribution < -0.4 is 0 Å². The van der Waals surface area contributed by atoms with Gasteiger partial charge < -0.3 is 4.90 Å². The van der Waals surface area contributed by atoms with Crippen LogP contribution in [-0.2, 0) is 0 Å². The van der Waals surface area contributed by atoms with E-state index in [9.17, 15) is 0 Å². The highest BCUT2D eigenvalue weighted by Gasteiger charge is 2.51. The van der Waals surface area contributed by atoms with Crippen molar-refractivity contribution in [3.05, 3.63) is 11.8 Å². The number of nitrogens with zero attached hydrogens (tertiary/aromatic N) is 1. The van der Waals surface area contributed by atoms with Crippen molar-refractivity contribution in [2.24, 2.45) is 5.92 Å². The molecule has 2 heterocycles. The Labute approximate surface area is 81.8 Å². The lowest BCUT2D eigenvalue weighted by molar-refractivity contribution is 0.0950. The predicted molar refractivity (Wildman–Crippen MR) is 56.5 cm³/mol. The van der Waals surface area contributed by atoms with E-state index in [2.05, 4.69) is 38.7 Å². The summed E-state index contributed by atoms with van der Waals surface area (Å²) in [6.07, 6.45) is 6.57. The van der Waals surface area contributed by atoms with Gasteiger partial charge in [-0.3, -0.25) is 0 Å². The number of rotatable bonds is 2. The summed E-state index contributed by atoms with van der Waals surface area (Å²) in [5, 5.41) is 0. The van der Waals surface area contributed by atoms with Crippen molar-refractivity contribution in [2.45, 2.75) is 58.5 Å². The summed E-state index contributed by atoms with van der Waals surface area (Å²) in [6, 6.07) is 0.826. The van der Waals surface area contributed by atoms with E-state index in [0.717, 1.165) is 12.0 Å². The smallest absolute Gasteiger partial charge is 0.0627 e. The van der Waals surface area contributed by atoms with E-state index in [1.165, 1.54) is 25.0 Å². The quantitative estimate of drug-likeness (QED) is 0.629. The third-order valence-corrected chi connectivity index (χ3v) is 4.00. The first kappa shape index (κ1) is 9.11. The SMILES string of the molecule is CCC1CCC2(C(C)C)C=C(C)N12. The third kappa shape index (κ3) is 0.992. The zero-order valence-electron chi connectivity index (χ0n) is 9.30. The molecule has 0 radical (unpaired) electrons. The molecule has 2 aliphatic heterocycles. The molecule has 2 rings (SSSR count). The molecule has 0 saturated carbocycles. The number of hydrogen-bond donors (Lipinski definition) is 0. The maximum Gasteiger partial charge on any atom is 0.0627 e. The van der Waals surface area contributed by atoms with E-state index < -0.39 is 0 Å². The minimum Gasteiger partial charge on any atom is -0.363 e. The van der Waals surface area contributed by atoms with Crippen LogP contribution in [0.1, 0.15) is 47.0 Å². The van der Waals surface area contributed by atoms with Crippen molar-refractivity contribution >= 4 is 0 Å². The summed E-state index contributed by atoms with van der Waals surface area (Å²) in [5.41, 5.74) is 1.96. The van der Waals surface area contributed by atoms with Crippen LogP contribution in [0.4, 0.5) is 0 Å². The van der Waals surface area contributed by atoms with Crippen LogP contribution in [0.5, 0.6) is 0 Å². The summed E-state index contributed by atoms with van der Waals surface area (Å²) in [5.74, 6) is 0.771. The van der Waals surface area contributed by atoms with Gasteiger partial charge in [-0.15, -0.1) is 0 Å². The molecule has 0 aromatic carbocycles. The summed E-state index contributed by atoms with van der Waals surface area (Å²) < 4.78 is 0. The maximum absolute atomic E-state index is 2.68. The molecule has 1 heteroatoms. The summed E-state index contributed by atoms with van der Waals surface area (Å²) in [7, 11) is 0. The standard InChI is InChI=1S/C12H21N/c1-5-11-6-7-12(9(2)3)8-10(4)13(11)12/h8-9,11H,5-7H2,1-4H3. The normalized spacial score (nSPS) is 37.5. The zero-order valence-corrected chi connectivity index (χ0v) is 9.30. The average Bonchev–Trinajstić information content (AvgIpc) is 2.37. The van der Waals surface area contributed by atoms with Gasteiger partial charge in [-0.25, -0.2) is 0 Å². The molecule has 1 saturated heterocycles. The molecule has 0 aromatic rings. The van der Waals surface area contributed by atoms with Crippen molar-refractivity contribution in [3.8, 4) is 0 Å². The molecule has 0 N–H and O–H groups in total. The van der Waals surface area contributed by atoms with Crippen molar-refractivity contribution in [1.29, 1.82) is 0 Å². The van der Waals surface area contributed by atoms with Gasteiger partial charge in [0.25, 0.3) is 0 Å². The minimum atomic E-state index is 0.449. The molecule has 0 aliphatic carbocycles. The number of fused-ring (bicyclic) bond motifs is 1. The molecule has 2 unspecified atom stereocenters. The lowest BCUT2D eigenvalue weighted by Gasteiger charge is -2.52. The molecule has 0 bridgehead atoms. The summed E-state index contributed by atoms with van der Waals surface area (Å²) in [6.45, 7) is 9.28. The largest absolute Gasteiger partial charge is 0.363 e. The van der Waals surface area contributed by atoms with Gasteiger partial charge in [0.1, 0.15) is 0 Å². The first-order chi connectivity index (χ1) is 6.12. The van der Waals surface area contributed by atoms with E-state index in [4.69, 9.17) is 0 Å². The summed E-state index contributed by atoms with van der Waals surface area (Å²) in [4.78, 5) is 2.68. The fourth-order valence-electron chi connectivity index (χ4n) is 3.23. The van der Waals surface area contributed by atoms with E-state index in [1.54, 1.807) is 0 Å². The Balaban J connectivity index is 2.25. The number of hydrogen-bond acceptors (Lipinski definition) is 1. The topological polar surface area (TPSA) is 3.24 Å². The molecule has 0 aromatic heterocycles. The monoisotopic (exact) mass is 179 g/mol. The highest BCUT2D eigenvalue weighted by Crippen LogP contribution is 2.50. The van der Waals surface area contributed by atoms with Gasteiger partial charge in [-0.2, -0.15) is 0 Å². The first-order valence-electron chi connectivity index (χ1n) is 5.60. The maximum atomic E-state index is 2.68. The second kappa shape index (κ2) is 2.76. The fourth-order valence-corrected chi connectivity index (χ4v) is 3.23. The summed E-state index contributed by atoms with van der Waals surface area (Å²) >= 11 is 0. The van der Waals surface area contributed by atoms with Gasteiger partial charge in [0.15, 0.2) is 0 Å². The molecule has 0 spiro atoms. The molecule has 1 nitrogen and oxygen atoms in total. The number of allylic oxidation sites excluding steroid dienone is 1. The van der Waals surface area contributed by atoms with Crippen LogP contribution in [0.25, 0.3) is 0 Å². The first-order valence-corrected chi connectivity index (χ1v) is 5.60. The minimum absolute atomic E-state index is 0.449. The van der Waals surface area contributed by atoms with Crippen molar-refractivity contribution < 1.29 is 0 Å². The highest BCUT2D eigenvalue weighted by molar-refractivity contribution is 5.31. The van der Waals surface area contributed by atoms with Gasteiger partial charge in [0, 0.05) is 11.7 Å². The van der Waals surface area contributed by atoms with Gasteiger partial charge in [0.2, 0.25) is 0 Å². The van der Waals surface area contributed by atoms with Gasteiger partial charge in [-0.1, -0.05) is 20.8 Å². The molecular formula is C12H21N. The van der Waals surface area contributed by atoms with Crippen LogP contribution in [0.15, 0.2) is 11.8 Å². The molecule has 2 atom stereocenters. The third-order valence-electron chi connectivity index (χ3n) is 4.00. The molecule has 74 valence electrons. The van der Waals surface area contributed by atoms with Crippen LogP contribution >= 0.6 is 0 Å². The van der Waals surface area contributed by atoms with Crippen LogP contribution in [0.3, 0.4) is 0 Å².